The van der Waals surface area contributed by atoms with Crippen LogP contribution >= 0.6 is 38.5 Å². The second-order valence-corrected chi connectivity index (χ2v) is 4.48. The van der Waals surface area contributed by atoms with Crippen LogP contribution in [0.25, 0.3) is 0 Å². The Morgan fingerprint density at radius 1 is 1.53 bits per heavy atom. The highest BCUT2D eigenvalue weighted by molar-refractivity contribution is 14.1. The minimum absolute atomic E-state index is 0.0149. The number of aromatic nitrogens is 1. The third kappa shape index (κ3) is 4.31. The summed E-state index contributed by atoms with van der Waals surface area (Å²) in [5.74, 6) is -0.422. The number of hydrogen-bond acceptors (Lipinski definition) is 3. The summed E-state index contributed by atoms with van der Waals surface area (Å²) < 4.78 is 40.8. The molecule has 0 bridgehead atoms. The number of nitrogens with zero attached hydrogens (tertiary/aromatic N) is 2. The molecule has 0 saturated heterocycles. The number of nitriles is 1. The van der Waals surface area contributed by atoms with Crippen molar-refractivity contribution < 1.29 is 17.9 Å². The molecule has 0 radical (unpaired) electrons. The largest absolute Gasteiger partial charge is 0.573 e. The lowest BCUT2D eigenvalue weighted by molar-refractivity contribution is -0.275. The van der Waals surface area contributed by atoms with Gasteiger partial charge in [-0.3, -0.25) is 0 Å². The molecule has 1 aromatic rings. The lowest BCUT2D eigenvalue weighted by Gasteiger charge is -2.13. The second-order valence-electron chi connectivity index (χ2n) is 2.90. The molecule has 0 aliphatic heterocycles. The van der Waals surface area contributed by atoms with Crippen molar-refractivity contribution in [1.82, 2.24) is 4.98 Å². The number of rotatable bonds is 3. The van der Waals surface area contributed by atoms with E-state index in [-0.39, 0.29) is 12.1 Å². The Morgan fingerprint density at radius 2 is 2.18 bits per heavy atom. The van der Waals surface area contributed by atoms with Gasteiger partial charge in [-0.05, 0) is 34.2 Å². The van der Waals surface area contributed by atoms with Gasteiger partial charge in [0.25, 0.3) is 0 Å². The quantitative estimate of drug-likeness (QED) is 0.427. The van der Waals surface area contributed by atoms with Crippen LogP contribution in [0.5, 0.6) is 5.75 Å². The van der Waals surface area contributed by atoms with Crippen LogP contribution in [-0.2, 0) is 11.8 Å². The minimum Gasteiger partial charge on any atom is -0.404 e. The smallest absolute Gasteiger partial charge is 0.404 e. The number of hydrogen-bond donors (Lipinski definition) is 0. The Labute approximate surface area is 117 Å². The molecule has 0 fully saturated rings. The van der Waals surface area contributed by atoms with Gasteiger partial charge in [0.1, 0.15) is 3.70 Å². The molecule has 0 atom stereocenters. The maximum Gasteiger partial charge on any atom is 0.573 e. The number of pyridine rings is 1. The molecule has 0 spiro atoms. The van der Waals surface area contributed by atoms with Gasteiger partial charge in [0.15, 0.2) is 5.75 Å². The van der Waals surface area contributed by atoms with Crippen LogP contribution in [0.1, 0.15) is 11.3 Å². The first-order valence-corrected chi connectivity index (χ1v) is 6.44. The normalized spacial score (nSPS) is 11.1. The fourth-order valence-electron chi connectivity index (χ4n) is 1.05. The van der Waals surface area contributed by atoms with Crippen LogP contribution < -0.4 is 4.74 Å². The van der Waals surface area contributed by atoms with E-state index in [1.165, 1.54) is 6.07 Å². The molecule has 0 aliphatic carbocycles. The molecule has 1 aromatic heterocycles. The zero-order valence-electron chi connectivity index (χ0n) is 8.18. The van der Waals surface area contributed by atoms with Gasteiger partial charge < -0.3 is 4.74 Å². The Hall–Kier alpha value is -0.560. The molecule has 1 rings (SSSR count). The predicted molar refractivity (Wildman–Crippen MR) is 65.6 cm³/mol. The van der Waals surface area contributed by atoms with Crippen molar-refractivity contribution in [1.29, 1.82) is 5.26 Å². The van der Waals surface area contributed by atoms with Crippen LogP contribution in [0, 0.1) is 15.0 Å². The van der Waals surface area contributed by atoms with Gasteiger partial charge in [0.2, 0.25) is 0 Å². The molecular formula is C9H5BrF3IN2O. The molecule has 0 amide bonds. The van der Waals surface area contributed by atoms with E-state index in [4.69, 9.17) is 5.26 Å². The zero-order chi connectivity index (χ0) is 13.1. The Morgan fingerprint density at radius 3 is 2.65 bits per heavy atom. The van der Waals surface area contributed by atoms with Gasteiger partial charge in [0.05, 0.1) is 18.2 Å². The van der Waals surface area contributed by atoms with Crippen LogP contribution in [0.3, 0.4) is 0 Å². The van der Waals surface area contributed by atoms with Gasteiger partial charge in [-0.1, -0.05) is 15.9 Å². The summed E-state index contributed by atoms with van der Waals surface area (Å²) in [7, 11) is 0. The van der Waals surface area contributed by atoms with Crippen molar-refractivity contribution >= 4 is 38.5 Å². The number of halogens is 5. The molecule has 92 valence electrons. The van der Waals surface area contributed by atoms with E-state index in [0.717, 1.165) is 0 Å². The fraction of sp³-hybridized carbons (Fsp3) is 0.333. The van der Waals surface area contributed by atoms with Crippen LogP contribution in [-0.4, -0.2) is 11.3 Å². The van der Waals surface area contributed by atoms with Crippen molar-refractivity contribution in [3.63, 3.8) is 0 Å². The summed E-state index contributed by atoms with van der Waals surface area (Å²) in [6.45, 7) is 0. The molecule has 0 saturated carbocycles. The average molecular weight is 421 g/mol. The summed E-state index contributed by atoms with van der Waals surface area (Å²) >= 11 is 5.03. The predicted octanol–water partition coefficient (Wildman–Crippen LogP) is 3.55. The van der Waals surface area contributed by atoms with E-state index in [1.807, 2.05) is 22.6 Å². The number of alkyl halides is 4. The van der Waals surface area contributed by atoms with Crippen molar-refractivity contribution in [2.45, 2.75) is 18.1 Å². The lowest BCUT2D eigenvalue weighted by atomic mass is 10.2. The standard InChI is InChI=1S/C9H5BrF3IN2O/c10-4-5-3-7(17-9(11,12)13)6(1-2-15)16-8(5)14/h3H,1,4H2. The summed E-state index contributed by atoms with van der Waals surface area (Å²) in [4.78, 5) is 3.93. The third-order valence-corrected chi connectivity index (χ3v) is 3.24. The topological polar surface area (TPSA) is 45.9 Å². The van der Waals surface area contributed by atoms with Crippen molar-refractivity contribution in [2.24, 2.45) is 0 Å². The summed E-state index contributed by atoms with van der Waals surface area (Å²) in [6.07, 6.45) is -5.02. The second kappa shape index (κ2) is 5.86. The highest BCUT2D eigenvalue weighted by atomic mass is 127. The lowest BCUT2D eigenvalue weighted by Crippen LogP contribution is -2.19. The first kappa shape index (κ1) is 14.5. The highest BCUT2D eigenvalue weighted by Gasteiger charge is 2.32. The molecule has 0 unspecified atom stereocenters. The van der Waals surface area contributed by atoms with E-state index < -0.39 is 12.1 Å². The van der Waals surface area contributed by atoms with Crippen LogP contribution in [0.4, 0.5) is 13.2 Å². The molecule has 0 aromatic carbocycles. The molecule has 3 nitrogen and oxygen atoms in total. The summed E-state index contributed by atoms with van der Waals surface area (Å²) in [6, 6.07) is 2.99. The molecule has 0 N–H and O–H groups in total. The maximum atomic E-state index is 12.2. The molecule has 0 aliphatic rings. The van der Waals surface area contributed by atoms with Gasteiger partial charge in [-0.15, -0.1) is 13.2 Å². The Bertz CT molecular complexity index is 459. The van der Waals surface area contributed by atoms with Gasteiger partial charge in [0, 0.05) is 5.33 Å². The molecule has 17 heavy (non-hydrogen) atoms. The van der Waals surface area contributed by atoms with Gasteiger partial charge in [-0.25, -0.2) is 4.98 Å². The van der Waals surface area contributed by atoms with Crippen molar-refractivity contribution in [3.05, 3.63) is 21.0 Å². The third-order valence-electron chi connectivity index (χ3n) is 1.70. The monoisotopic (exact) mass is 420 g/mol. The first-order chi connectivity index (χ1) is 7.87. The van der Waals surface area contributed by atoms with E-state index >= 15 is 0 Å². The molecule has 8 heteroatoms. The summed E-state index contributed by atoms with van der Waals surface area (Å²) in [5, 5.41) is 8.88. The van der Waals surface area contributed by atoms with Crippen LogP contribution in [0.2, 0.25) is 0 Å². The van der Waals surface area contributed by atoms with Crippen LogP contribution in [0.15, 0.2) is 6.07 Å². The SMILES string of the molecule is N#CCc1nc(I)c(CBr)cc1OC(F)(F)F. The van der Waals surface area contributed by atoms with E-state index in [2.05, 4.69) is 25.7 Å². The molecule has 1 heterocycles. The van der Waals surface area contributed by atoms with Crippen molar-refractivity contribution in [3.8, 4) is 11.8 Å². The van der Waals surface area contributed by atoms with E-state index in [0.29, 0.717) is 14.6 Å². The Balaban J connectivity index is 3.20. The van der Waals surface area contributed by atoms with E-state index in [1.54, 1.807) is 6.07 Å². The van der Waals surface area contributed by atoms with Crippen molar-refractivity contribution in [2.75, 3.05) is 0 Å². The fourth-order valence-corrected chi connectivity index (χ4v) is 2.64. The average Bonchev–Trinajstić information content (AvgIpc) is 2.20. The van der Waals surface area contributed by atoms with Gasteiger partial charge in [-0.2, -0.15) is 5.26 Å². The summed E-state index contributed by atoms with van der Waals surface area (Å²) in [5.41, 5.74) is 0.561. The maximum absolute atomic E-state index is 12.2. The molecular weight excluding hydrogens is 416 g/mol. The van der Waals surface area contributed by atoms with Gasteiger partial charge >= 0.3 is 6.36 Å². The number of ether oxygens (including phenoxy) is 1. The zero-order valence-corrected chi connectivity index (χ0v) is 11.9. The Kier molecular flexibility index (Phi) is 5.00. The first-order valence-electron chi connectivity index (χ1n) is 4.24. The highest BCUT2D eigenvalue weighted by Crippen LogP contribution is 2.29. The van der Waals surface area contributed by atoms with E-state index in [9.17, 15) is 13.2 Å². The minimum atomic E-state index is -4.79.